The number of amides is 1. The minimum atomic E-state index is -2.78. The van der Waals surface area contributed by atoms with Crippen LogP contribution in [0.25, 0.3) is 11.1 Å². The van der Waals surface area contributed by atoms with Crippen LogP contribution in [-0.2, 0) is 10.3 Å². The average molecular weight is 452 g/mol. The minimum Gasteiger partial charge on any atom is -0.369 e. The Kier molecular flexibility index (Phi) is 5.36. The topological polar surface area (TPSA) is 95.4 Å². The second-order valence-electron chi connectivity index (χ2n) is 7.27. The first-order valence-electron chi connectivity index (χ1n) is 9.45. The fourth-order valence-electron chi connectivity index (χ4n) is 3.69. The second kappa shape index (κ2) is 8.02. The highest BCUT2D eigenvalue weighted by Gasteiger charge is 2.50. The van der Waals surface area contributed by atoms with Gasteiger partial charge in [0.05, 0.1) is 11.6 Å². The lowest BCUT2D eigenvalue weighted by Crippen LogP contribution is -2.41. The molecular weight excluding hydrogens is 436 g/mol. The number of benzene rings is 2. The predicted octanol–water partition coefficient (Wildman–Crippen LogP) is 4.24. The van der Waals surface area contributed by atoms with E-state index in [9.17, 15) is 18.8 Å². The zero-order valence-electron chi connectivity index (χ0n) is 16.8. The summed E-state index contributed by atoms with van der Waals surface area (Å²) in [6.07, 6.45) is -0.426. The quantitative estimate of drug-likeness (QED) is 0.641. The molecule has 1 aliphatic rings. The molecule has 2 heterocycles. The molecule has 32 heavy (non-hydrogen) atoms. The summed E-state index contributed by atoms with van der Waals surface area (Å²) in [5, 5.41) is 9.52. The van der Waals surface area contributed by atoms with Crippen LogP contribution in [0.1, 0.15) is 28.7 Å². The molecule has 6 nitrogen and oxygen atoms in total. The van der Waals surface area contributed by atoms with Crippen molar-refractivity contribution in [2.45, 2.75) is 12.0 Å². The van der Waals surface area contributed by atoms with E-state index in [1.54, 1.807) is 42.5 Å². The predicted molar refractivity (Wildman–Crippen MR) is 116 cm³/mol. The Morgan fingerprint density at radius 2 is 1.91 bits per heavy atom. The van der Waals surface area contributed by atoms with Crippen LogP contribution < -0.4 is 5.73 Å². The van der Waals surface area contributed by atoms with Crippen LogP contribution >= 0.6 is 11.6 Å². The highest BCUT2D eigenvalue weighted by Crippen LogP contribution is 2.42. The summed E-state index contributed by atoms with van der Waals surface area (Å²) in [6, 6.07) is 15.1. The number of halogens is 3. The first kappa shape index (κ1) is 21.4. The standard InChI is InChI=1S/C23H16ClF2N5O/c1-31-21(32)23(30-22(31)28,18-7-16(20(25)26)11-29-12-18)17-6-15(8-19(24)9-17)14-4-2-3-13(5-14)10-27/h2-9,11-12,20H,1H3,(H2,28,30). The number of alkyl halides is 2. The zero-order chi connectivity index (χ0) is 23.0. The maximum atomic E-state index is 13.4. The smallest absolute Gasteiger partial charge is 0.266 e. The molecular formula is C23H16ClF2N5O. The van der Waals surface area contributed by atoms with E-state index in [1.807, 2.05) is 0 Å². The average Bonchev–Trinajstić information content (AvgIpc) is 3.03. The normalized spacial score (nSPS) is 18.1. The Labute approximate surface area is 187 Å². The molecule has 1 amide bonds. The number of carbonyl (C=O) groups is 1. The number of nitriles is 1. The molecule has 0 saturated carbocycles. The summed E-state index contributed by atoms with van der Waals surface area (Å²) in [4.78, 5) is 22.9. The molecule has 9 heteroatoms. The third-order valence-corrected chi connectivity index (χ3v) is 5.53. The van der Waals surface area contributed by atoms with Crippen molar-refractivity contribution in [2.24, 2.45) is 10.7 Å². The molecule has 2 N–H and O–H groups in total. The maximum absolute atomic E-state index is 13.4. The molecule has 1 aliphatic heterocycles. The molecule has 4 rings (SSSR count). The van der Waals surface area contributed by atoms with Crippen molar-refractivity contribution in [3.05, 3.63) is 88.2 Å². The SMILES string of the molecule is CN1C(=O)C(c2cc(Cl)cc(-c3cccc(C#N)c3)c2)(c2cncc(C(F)F)c2)N=C1N. The number of hydrogen-bond donors (Lipinski definition) is 1. The molecule has 0 aliphatic carbocycles. The third-order valence-electron chi connectivity index (χ3n) is 5.31. The lowest BCUT2D eigenvalue weighted by atomic mass is 9.82. The number of hydrogen-bond acceptors (Lipinski definition) is 5. The van der Waals surface area contributed by atoms with Gasteiger partial charge in [-0.3, -0.25) is 14.7 Å². The number of nitrogens with zero attached hydrogens (tertiary/aromatic N) is 4. The van der Waals surface area contributed by atoms with Gasteiger partial charge in [0, 0.05) is 35.6 Å². The number of aliphatic imine (C=N–C) groups is 1. The number of likely N-dealkylation sites (N-methyl/N-ethyl adjacent to an activating group) is 1. The monoisotopic (exact) mass is 451 g/mol. The van der Waals surface area contributed by atoms with E-state index in [2.05, 4.69) is 16.0 Å². The number of carbonyl (C=O) groups excluding carboxylic acids is 1. The van der Waals surface area contributed by atoms with Gasteiger partial charge in [-0.05, 0) is 53.1 Å². The van der Waals surface area contributed by atoms with Gasteiger partial charge in [-0.25, -0.2) is 13.8 Å². The number of aromatic nitrogens is 1. The fraction of sp³-hybridized carbons (Fsp3) is 0.130. The Hall–Kier alpha value is -3.83. The van der Waals surface area contributed by atoms with Gasteiger partial charge >= 0.3 is 0 Å². The van der Waals surface area contributed by atoms with E-state index in [0.717, 1.165) is 11.1 Å². The summed E-state index contributed by atoms with van der Waals surface area (Å²) in [7, 11) is 1.45. The Morgan fingerprint density at radius 3 is 2.56 bits per heavy atom. The molecule has 3 aromatic rings. The van der Waals surface area contributed by atoms with Crippen molar-refractivity contribution >= 4 is 23.5 Å². The van der Waals surface area contributed by atoms with E-state index in [-0.39, 0.29) is 17.1 Å². The summed E-state index contributed by atoms with van der Waals surface area (Å²) in [6.45, 7) is 0. The number of guanidine groups is 1. The Balaban J connectivity index is 1.98. The second-order valence-corrected chi connectivity index (χ2v) is 7.71. The number of pyridine rings is 1. The van der Waals surface area contributed by atoms with Gasteiger partial charge in [0.2, 0.25) is 0 Å². The minimum absolute atomic E-state index is 0.0644. The van der Waals surface area contributed by atoms with Gasteiger partial charge in [-0.15, -0.1) is 0 Å². The maximum Gasteiger partial charge on any atom is 0.266 e. The van der Waals surface area contributed by atoms with Gasteiger partial charge in [0.1, 0.15) is 0 Å². The first-order valence-corrected chi connectivity index (χ1v) is 9.82. The lowest BCUT2D eigenvalue weighted by molar-refractivity contribution is -0.129. The summed E-state index contributed by atoms with van der Waals surface area (Å²) in [5.74, 6) is -0.590. The van der Waals surface area contributed by atoms with Gasteiger partial charge in [-0.1, -0.05) is 23.7 Å². The summed E-state index contributed by atoms with van der Waals surface area (Å²) >= 11 is 6.40. The molecule has 0 saturated heterocycles. The summed E-state index contributed by atoms with van der Waals surface area (Å²) < 4.78 is 26.8. The van der Waals surface area contributed by atoms with Crippen molar-refractivity contribution in [1.29, 1.82) is 5.26 Å². The molecule has 1 aromatic heterocycles. The molecule has 0 bridgehead atoms. The third kappa shape index (κ3) is 3.47. The molecule has 160 valence electrons. The van der Waals surface area contributed by atoms with E-state index in [0.29, 0.717) is 27.3 Å². The van der Waals surface area contributed by atoms with E-state index in [1.165, 1.54) is 19.3 Å². The zero-order valence-corrected chi connectivity index (χ0v) is 17.5. The fourth-order valence-corrected chi connectivity index (χ4v) is 3.93. The van der Waals surface area contributed by atoms with Crippen molar-refractivity contribution < 1.29 is 13.6 Å². The van der Waals surface area contributed by atoms with Crippen LogP contribution in [0.2, 0.25) is 5.02 Å². The van der Waals surface area contributed by atoms with Gasteiger partial charge in [-0.2, -0.15) is 5.26 Å². The summed E-state index contributed by atoms with van der Waals surface area (Å²) in [5.41, 5.74) is 6.13. The highest BCUT2D eigenvalue weighted by atomic mass is 35.5. The highest BCUT2D eigenvalue weighted by molar-refractivity contribution is 6.31. The van der Waals surface area contributed by atoms with Crippen LogP contribution in [0.5, 0.6) is 0 Å². The van der Waals surface area contributed by atoms with Crippen LogP contribution in [0.3, 0.4) is 0 Å². The lowest BCUT2D eigenvalue weighted by Gasteiger charge is -2.27. The Bertz CT molecular complexity index is 1300. The van der Waals surface area contributed by atoms with Crippen LogP contribution in [0.15, 0.2) is 65.9 Å². The largest absolute Gasteiger partial charge is 0.369 e. The van der Waals surface area contributed by atoms with Crippen LogP contribution in [0.4, 0.5) is 8.78 Å². The first-order chi connectivity index (χ1) is 15.3. The van der Waals surface area contributed by atoms with E-state index in [4.69, 9.17) is 17.3 Å². The van der Waals surface area contributed by atoms with E-state index >= 15 is 0 Å². The van der Waals surface area contributed by atoms with Gasteiger partial charge < -0.3 is 5.73 Å². The van der Waals surface area contributed by atoms with Crippen LogP contribution in [0, 0.1) is 11.3 Å². The molecule has 1 unspecified atom stereocenters. The van der Waals surface area contributed by atoms with Crippen molar-refractivity contribution in [2.75, 3.05) is 7.05 Å². The molecule has 2 aromatic carbocycles. The van der Waals surface area contributed by atoms with Crippen molar-refractivity contribution in [3.63, 3.8) is 0 Å². The molecule has 0 spiro atoms. The number of rotatable bonds is 4. The Morgan fingerprint density at radius 1 is 1.12 bits per heavy atom. The van der Waals surface area contributed by atoms with Crippen LogP contribution in [-0.4, -0.2) is 28.8 Å². The van der Waals surface area contributed by atoms with E-state index < -0.39 is 17.9 Å². The molecule has 1 atom stereocenters. The van der Waals surface area contributed by atoms with Gasteiger partial charge in [0.15, 0.2) is 11.5 Å². The molecule has 0 radical (unpaired) electrons. The van der Waals surface area contributed by atoms with Gasteiger partial charge in [0.25, 0.3) is 12.3 Å². The number of nitrogens with two attached hydrogens (primary N) is 1. The van der Waals surface area contributed by atoms with Crippen molar-refractivity contribution in [1.82, 2.24) is 9.88 Å². The van der Waals surface area contributed by atoms with Crippen molar-refractivity contribution in [3.8, 4) is 17.2 Å². The molecule has 0 fully saturated rings.